The number of aliphatic imine (C=N–C) groups is 1. The van der Waals surface area contributed by atoms with Crippen molar-refractivity contribution < 1.29 is 5.11 Å². The van der Waals surface area contributed by atoms with Crippen molar-refractivity contribution in [1.82, 2.24) is 15.5 Å². The van der Waals surface area contributed by atoms with Crippen LogP contribution in [0.2, 0.25) is 0 Å². The number of guanidine groups is 1. The van der Waals surface area contributed by atoms with E-state index >= 15 is 0 Å². The van der Waals surface area contributed by atoms with Gasteiger partial charge in [0.25, 0.3) is 0 Å². The molecule has 1 aliphatic rings. The van der Waals surface area contributed by atoms with Gasteiger partial charge in [-0.1, -0.05) is 43.2 Å². The molecular weight excluding hydrogens is 312 g/mol. The van der Waals surface area contributed by atoms with Gasteiger partial charge in [-0.3, -0.25) is 0 Å². The van der Waals surface area contributed by atoms with Crippen molar-refractivity contribution in [2.45, 2.75) is 45.1 Å². The van der Waals surface area contributed by atoms with Crippen LogP contribution in [0.4, 0.5) is 0 Å². The second-order valence-corrected chi connectivity index (χ2v) is 7.02. The van der Waals surface area contributed by atoms with Gasteiger partial charge in [0.2, 0.25) is 0 Å². The van der Waals surface area contributed by atoms with E-state index < -0.39 is 5.60 Å². The van der Waals surface area contributed by atoms with Crippen LogP contribution < -0.4 is 10.6 Å². The van der Waals surface area contributed by atoms with Gasteiger partial charge in [-0.15, -0.1) is 0 Å². The number of aliphatic hydroxyl groups is 1. The molecule has 0 spiro atoms. The number of hydrogen-bond acceptors (Lipinski definition) is 3. The summed E-state index contributed by atoms with van der Waals surface area (Å²) in [7, 11) is 0. The van der Waals surface area contributed by atoms with E-state index in [9.17, 15) is 5.11 Å². The lowest BCUT2D eigenvalue weighted by Crippen LogP contribution is -2.42. The molecule has 2 rings (SSSR count). The van der Waals surface area contributed by atoms with Crippen LogP contribution in [0.25, 0.3) is 0 Å². The summed E-state index contributed by atoms with van der Waals surface area (Å²) in [6, 6.07) is 9.72. The molecule has 0 radical (unpaired) electrons. The van der Waals surface area contributed by atoms with Gasteiger partial charge in [0.05, 0.1) is 6.54 Å². The molecule has 1 atom stereocenters. The van der Waals surface area contributed by atoms with Crippen LogP contribution in [0.15, 0.2) is 35.3 Å². The number of hydrogen-bond donors (Lipinski definition) is 3. The van der Waals surface area contributed by atoms with E-state index in [2.05, 4.69) is 27.4 Å². The largest absolute Gasteiger partial charge is 0.384 e. The SMILES string of the molecule is CCNC(=NCC(C)(O)c1ccccc1)NCCN1CCCCCC1. The summed E-state index contributed by atoms with van der Waals surface area (Å²) < 4.78 is 0. The fourth-order valence-electron chi connectivity index (χ4n) is 3.16. The average molecular weight is 347 g/mol. The lowest BCUT2D eigenvalue weighted by atomic mass is 9.96. The molecule has 1 saturated heterocycles. The van der Waals surface area contributed by atoms with Crippen molar-refractivity contribution >= 4 is 5.96 Å². The molecule has 1 aliphatic heterocycles. The zero-order valence-corrected chi connectivity index (χ0v) is 15.8. The lowest BCUT2D eigenvalue weighted by molar-refractivity contribution is 0.0672. The zero-order valence-electron chi connectivity index (χ0n) is 15.8. The summed E-state index contributed by atoms with van der Waals surface area (Å²) in [5, 5.41) is 17.4. The van der Waals surface area contributed by atoms with Crippen molar-refractivity contribution in [2.75, 3.05) is 39.3 Å². The normalized spacial score (nSPS) is 19.1. The highest BCUT2D eigenvalue weighted by atomic mass is 16.3. The third kappa shape index (κ3) is 7.04. The average Bonchev–Trinajstić information content (AvgIpc) is 2.89. The van der Waals surface area contributed by atoms with Gasteiger partial charge in [0, 0.05) is 19.6 Å². The maximum Gasteiger partial charge on any atom is 0.191 e. The first-order valence-corrected chi connectivity index (χ1v) is 9.64. The van der Waals surface area contributed by atoms with Crippen LogP contribution in [0.5, 0.6) is 0 Å². The first kappa shape index (κ1) is 19.7. The number of likely N-dealkylation sites (tertiary alicyclic amines) is 1. The highest BCUT2D eigenvalue weighted by Gasteiger charge is 2.22. The maximum absolute atomic E-state index is 10.7. The molecular formula is C20H34N4O. The number of nitrogens with zero attached hydrogens (tertiary/aromatic N) is 2. The molecule has 25 heavy (non-hydrogen) atoms. The Hall–Kier alpha value is -1.59. The predicted octanol–water partition coefficient (Wildman–Crippen LogP) is 2.33. The molecule has 0 aliphatic carbocycles. The fraction of sp³-hybridized carbons (Fsp3) is 0.650. The van der Waals surface area contributed by atoms with E-state index in [0.29, 0.717) is 6.54 Å². The predicted molar refractivity (Wildman–Crippen MR) is 105 cm³/mol. The van der Waals surface area contributed by atoms with Crippen molar-refractivity contribution in [3.8, 4) is 0 Å². The summed E-state index contributed by atoms with van der Waals surface area (Å²) >= 11 is 0. The maximum atomic E-state index is 10.7. The van der Waals surface area contributed by atoms with E-state index in [1.54, 1.807) is 0 Å². The van der Waals surface area contributed by atoms with Gasteiger partial charge in [-0.2, -0.15) is 0 Å². The van der Waals surface area contributed by atoms with Gasteiger partial charge in [-0.05, 0) is 45.3 Å². The molecule has 1 heterocycles. The van der Waals surface area contributed by atoms with Crippen molar-refractivity contribution in [3.63, 3.8) is 0 Å². The summed E-state index contributed by atoms with van der Waals surface area (Å²) in [6.07, 6.45) is 5.35. The van der Waals surface area contributed by atoms with Crippen LogP contribution in [0.1, 0.15) is 45.1 Å². The van der Waals surface area contributed by atoms with E-state index in [1.807, 2.05) is 37.3 Å². The standard InChI is InChI=1S/C20H34N4O/c1-3-21-19(22-13-16-24-14-9-4-5-10-15-24)23-17-20(2,25)18-11-7-6-8-12-18/h6-8,11-12,25H,3-5,9-10,13-17H2,1-2H3,(H2,21,22,23). The van der Waals surface area contributed by atoms with Crippen LogP contribution in [-0.2, 0) is 5.60 Å². The summed E-state index contributed by atoms with van der Waals surface area (Å²) in [5.74, 6) is 0.772. The first-order valence-electron chi connectivity index (χ1n) is 9.64. The van der Waals surface area contributed by atoms with E-state index in [1.165, 1.54) is 38.8 Å². The Morgan fingerprint density at radius 2 is 1.80 bits per heavy atom. The topological polar surface area (TPSA) is 59.9 Å². The Labute approximate surface area is 152 Å². The number of nitrogens with one attached hydrogen (secondary N) is 2. The highest BCUT2D eigenvalue weighted by Crippen LogP contribution is 2.20. The van der Waals surface area contributed by atoms with Crippen molar-refractivity contribution in [2.24, 2.45) is 4.99 Å². The number of rotatable bonds is 7. The molecule has 0 amide bonds. The van der Waals surface area contributed by atoms with Crippen LogP contribution in [-0.4, -0.2) is 55.2 Å². The quantitative estimate of drug-likeness (QED) is 0.524. The minimum absolute atomic E-state index is 0.329. The molecule has 0 aromatic heterocycles. The molecule has 1 fully saturated rings. The Balaban J connectivity index is 1.85. The second kappa shape index (κ2) is 10.4. The van der Waals surface area contributed by atoms with E-state index in [-0.39, 0.29) is 0 Å². The molecule has 1 aromatic carbocycles. The van der Waals surface area contributed by atoms with Gasteiger partial charge in [-0.25, -0.2) is 4.99 Å². The molecule has 5 heteroatoms. The fourth-order valence-corrected chi connectivity index (χ4v) is 3.16. The van der Waals surface area contributed by atoms with Gasteiger partial charge >= 0.3 is 0 Å². The third-order valence-electron chi connectivity index (χ3n) is 4.70. The molecule has 140 valence electrons. The molecule has 3 N–H and O–H groups in total. The lowest BCUT2D eigenvalue weighted by Gasteiger charge is -2.23. The van der Waals surface area contributed by atoms with Gasteiger partial charge in [0.1, 0.15) is 5.60 Å². The van der Waals surface area contributed by atoms with Crippen molar-refractivity contribution in [1.29, 1.82) is 0 Å². The number of benzene rings is 1. The molecule has 1 unspecified atom stereocenters. The first-order chi connectivity index (χ1) is 12.1. The Kier molecular flexibility index (Phi) is 8.22. The van der Waals surface area contributed by atoms with Crippen LogP contribution in [0.3, 0.4) is 0 Å². The monoisotopic (exact) mass is 346 g/mol. The Morgan fingerprint density at radius 1 is 1.12 bits per heavy atom. The summed E-state index contributed by atoms with van der Waals surface area (Å²) in [6.45, 7) is 9.34. The van der Waals surface area contributed by atoms with Crippen LogP contribution in [0, 0.1) is 0 Å². The Morgan fingerprint density at radius 3 is 2.44 bits per heavy atom. The third-order valence-corrected chi connectivity index (χ3v) is 4.70. The molecule has 0 saturated carbocycles. The zero-order chi connectivity index (χ0) is 18.0. The Bertz CT molecular complexity index is 508. The summed E-state index contributed by atoms with van der Waals surface area (Å²) in [5.41, 5.74) is -0.0758. The molecule has 0 bridgehead atoms. The minimum Gasteiger partial charge on any atom is -0.384 e. The van der Waals surface area contributed by atoms with Gasteiger partial charge in [0.15, 0.2) is 5.96 Å². The van der Waals surface area contributed by atoms with E-state index in [4.69, 9.17) is 0 Å². The second-order valence-electron chi connectivity index (χ2n) is 7.02. The smallest absolute Gasteiger partial charge is 0.191 e. The van der Waals surface area contributed by atoms with Gasteiger partial charge < -0.3 is 20.6 Å². The molecule has 1 aromatic rings. The minimum atomic E-state index is -0.964. The van der Waals surface area contributed by atoms with Crippen molar-refractivity contribution in [3.05, 3.63) is 35.9 Å². The highest BCUT2D eigenvalue weighted by molar-refractivity contribution is 5.79. The van der Waals surface area contributed by atoms with Crippen LogP contribution >= 0.6 is 0 Å². The molecule has 5 nitrogen and oxygen atoms in total. The van der Waals surface area contributed by atoms with E-state index in [0.717, 1.165) is 31.2 Å². The summed E-state index contributed by atoms with van der Waals surface area (Å²) in [4.78, 5) is 7.12.